The maximum atomic E-state index is 6.49. The molecule has 1 heterocycles. The molecule has 0 aromatic carbocycles. The molecule has 0 aromatic rings. The van der Waals surface area contributed by atoms with Crippen molar-refractivity contribution >= 4 is 0 Å². The van der Waals surface area contributed by atoms with Crippen molar-refractivity contribution in [1.82, 2.24) is 0 Å². The van der Waals surface area contributed by atoms with Crippen LogP contribution in [0, 0.1) is 46.3 Å². The van der Waals surface area contributed by atoms with Crippen molar-refractivity contribution in [2.45, 2.75) is 130 Å². The van der Waals surface area contributed by atoms with Crippen molar-refractivity contribution in [2.75, 3.05) is 6.61 Å². The number of rotatable bonds is 5. The number of fused-ring (bicyclic) bond motifs is 5. The van der Waals surface area contributed by atoms with Crippen LogP contribution >= 0.6 is 0 Å². The van der Waals surface area contributed by atoms with Crippen LogP contribution in [0.1, 0.15) is 118 Å². The molecule has 5 aliphatic rings. The third kappa shape index (κ3) is 3.94. The zero-order valence-electron chi connectivity index (χ0n) is 21.0. The molecule has 0 bridgehead atoms. The molecule has 1 aliphatic heterocycles. The highest BCUT2D eigenvalue weighted by Crippen LogP contribution is 2.68. The van der Waals surface area contributed by atoms with Crippen molar-refractivity contribution in [2.24, 2.45) is 46.3 Å². The minimum atomic E-state index is 0.0929. The third-order valence-electron chi connectivity index (χ3n) is 11.6. The molecule has 10 atom stereocenters. The Kier molecular flexibility index (Phi) is 6.54. The summed E-state index contributed by atoms with van der Waals surface area (Å²) in [5, 5.41) is 0. The molecule has 0 aromatic heterocycles. The number of ether oxygens (including phenoxy) is 2. The highest BCUT2D eigenvalue weighted by molar-refractivity contribution is 5.09. The normalized spacial score (nSPS) is 50.9. The predicted molar refractivity (Wildman–Crippen MR) is 128 cm³/mol. The molecule has 0 amide bonds. The zero-order valence-corrected chi connectivity index (χ0v) is 21.0. The van der Waals surface area contributed by atoms with Gasteiger partial charge in [0.1, 0.15) is 0 Å². The first kappa shape index (κ1) is 22.7. The summed E-state index contributed by atoms with van der Waals surface area (Å²) >= 11 is 0. The summed E-state index contributed by atoms with van der Waals surface area (Å²) in [4.78, 5) is 0. The Balaban J connectivity index is 1.26. The van der Waals surface area contributed by atoms with Crippen LogP contribution in [0.5, 0.6) is 0 Å². The Hall–Kier alpha value is -0.0800. The fourth-order valence-corrected chi connectivity index (χ4v) is 10.0. The molecule has 4 saturated carbocycles. The van der Waals surface area contributed by atoms with Gasteiger partial charge in [0.25, 0.3) is 0 Å². The minimum absolute atomic E-state index is 0.0929. The quantitative estimate of drug-likeness (QED) is 0.411. The summed E-state index contributed by atoms with van der Waals surface area (Å²) < 4.78 is 12.4. The summed E-state index contributed by atoms with van der Waals surface area (Å²) in [6.07, 6.45) is 20.0. The van der Waals surface area contributed by atoms with Crippen LogP contribution < -0.4 is 0 Å². The lowest BCUT2D eigenvalue weighted by molar-refractivity contribution is -0.212. The van der Waals surface area contributed by atoms with E-state index in [0.717, 1.165) is 48.5 Å². The summed E-state index contributed by atoms with van der Waals surface area (Å²) in [5.74, 6) is 5.81. The van der Waals surface area contributed by atoms with Crippen molar-refractivity contribution in [3.8, 4) is 0 Å². The molecular weight excluding hydrogens is 380 g/mol. The first-order valence-corrected chi connectivity index (χ1v) is 14.2. The number of hydrogen-bond donors (Lipinski definition) is 0. The maximum absolute atomic E-state index is 6.49. The molecule has 0 spiro atoms. The SMILES string of the molecule is CCC[C@@H](C)[C@H]1CC[C@H]2[C@@H]3CC[C@H]4CC(OC5CCCCO5)CC[C@]4(C)[C@H]3CC[C@]12C. The highest BCUT2D eigenvalue weighted by Gasteiger charge is 2.60. The minimum Gasteiger partial charge on any atom is -0.353 e. The van der Waals surface area contributed by atoms with Gasteiger partial charge in [-0.3, -0.25) is 0 Å². The first-order valence-electron chi connectivity index (χ1n) is 14.2. The van der Waals surface area contributed by atoms with Crippen LogP contribution in [0.15, 0.2) is 0 Å². The lowest BCUT2D eigenvalue weighted by Crippen LogP contribution is -2.54. The maximum Gasteiger partial charge on any atom is 0.157 e. The van der Waals surface area contributed by atoms with Crippen LogP contribution in [0.25, 0.3) is 0 Å². The second kappa shape index (κ2) is 8.94. The van der Waals surface area contributed by atoms with E-state index in [4.69, 9.17) is 9.47 Å². The molecular formula is C29H50O2. The molecule has 1 saturated heterocycles. The molecule has 2 heteroatoms. The standard InChI is InChI=1S/C29H50O2/c1-5-8-20(2)24-12-13-25-23-11-10-21-19-22(31-27-9-6-7-18-30-27)14-16-28(21,3)26(23)15-17-29(24,25)4/h20-27H,5-19H2,1-4H3/t20-,21+,22?,23+,24-,25+,26+,27?,28+,29-/m1/s1. The van der Waals surface area contributed by atoms with E-state index in [9.17, 15) is 0 Å². The lowest BCUT2D eigenvalue weighted by atomic mass is 9.44. The van der Waals surface area contributed by atoms with Crippen LogP contribution in [-0.2, 0) is 9.47 Å². The van der Waals surface area contributed by atoms with Crippen LogP contribution in [0.3, 0.4) is 0 Å². The molecule has 2 unspecified atom stereocenters. The van der Waals surface area contributed by atoms with E-state index in [1.807, 2.05) is 0 Å². The smallest absolute Gasteiger partial charge is 0.157 e. The van der Waals surface area contributed by atoms with Gasteiger partial charge in [-0.1, -0.05) is 40.5 Å². The molecule has 0 radical (unpaired) electrons. The Morgan fingerprint density at radius 1 is 0.903 bits per heavy atom. The molecule has 0 N–H and O–H groups in total. The molecule has 178 valence electrons. The molecule has 4 aliphatic carbocycles. The van der Waals surface area contributed by atoms with E-state index in [2.05, 4.69) is 27.7 Å². The molecule has 31 heavy (non-hydrogen) atoms. The van der Waals surface area contributed by atoms with Gasteiger partial charge in [0, 0.05) is 6.61 Å². The van der Waals surface area contributed by atoms with Gasteiger partial charge in [0.05, 0.1) is 6.10 Å². The highest BCUT2D eigenvalue weighted by atomic mass is 16.7. The van der Waals surface area contributed by atoms with Crippen LogP contribution in [0.2, 0.25) is 0 Å². The Morgan fingerprint density at radius 3 is 2.48 bits per heavy atom. The van der Waals surface area contributed by atoms with E-state index >= 15 is 0 Å². The van der Waals surface area contributed by atoms with E-state index in [0.29, 0.717) is 16.9 Å². The second-order valence-electron chi connectivity index (χ2n) is 13.0. The third-order valence-corrected chi connectivity index (χ3v) is 11.6. The molecule has 5 rings (SSSR count). The van der Waals surface area contributed by atoms with Crippen molar-refractivity contribution in [1.29, 1.82) is 0 Å². The van der Waals surface area contributed by atoms with Gasteiger partial charge in [0.15, 0.2) is 6.29 Å². The molecule has 5 fully saturated rings. The van der Waals surface area contributed by atoms with E-state index < -0.39 is 0 Å². The van der Waals surface area contributed by atoms with Gasteiger partial charge >= 0.3 is 0 Å². The van der Waals surface area contributed by atoms with Crippen molar-refractivity contribution in [3.63, 3.8) is 0 Å². The summed E-state index contributed by atoms with van der Waals surface area (Å²) in [7, 11) is 0. The largest absolute Gasteiger partial charge is 0.353 e. The Bertz CT molecular complexity index is 612. The first-order chi connectivity index (χ1) is 15.0. The monoisotopic (exact) mass is 430 g/mol. The Labute approximate surface area is 192 Å². The number of hydrogen-bond acceptors (Lipinski definition) is 2. The lowest BCUT2D eigenvalue weighted by Gasteiger charge is -2.61. The summed E-state index contributed by atoms with van der Waals surface area (Å²) in [5.41, 5.74) is 1.21. The van der Waals surface area contributed by atoms with E-state index in [1.54, 1.807) is 0 Å². The fourth-order valence-electron chi connectivity index (χ4n) is 10.0. The summed E-state index contributed by atoms with van der Waals surface area (Å²) in [6, 6.07) is 0. The second-order valence-corrected chi connectivity index (χ2v) is 13.0. The van der Waals surface area contributed by atoms with Gasteiger partial charge in [-0.15, -0.1) is 0 Å². The van der Waals surface area contributed by atoms with Gasteiger partial charge in [-0.05, 0) is 123 Å². The van der Waals surface area contributed by atoms with Gasteiger partial charge < -0.3 is 9.47 Å². The average molecular weight is 431 g/mol. The molecule has 2 nitrogen and oxygen atoms in total. The van der Waals surface area contributed by atoms with Gasteiger partial charge in [0.2, 0.25) is 0 Å². The topological polar surface area (TPSA) is 18.5 Å². The van der Waals surface area contributed by atoms with Crippen molar-refractivity contribution < 1.29 is 9.47 Å². The Morgan fingerprint density at radius 2 is 1.71 bits per heavy atom. The van der Waals surface area contributed by atoms with Gasteiger partial charge in [-0.25, -0.2) is 0 Å². The fraction of sp³-hybridized carbons (Fsp3) is 1.00. The average Bonchev–Trinajstić information content (AvgIpc) is 3.12. The predicted octanol–water partition coefficient (Wildman–Crippen LogP) is 7.99. The van der Waals surface area contributed by atoms with Crippen LogP contribution in [-0.4, -0.2) is 19.0 Å². The van der Waals surface area contributed by atoms with Crippen molar-refractivity contribution in [3.05, 3.63) is 0 Å². The zero-order chi connectivity index (χ0) is 21.6. The van der Waals surface area contributed by atoms with Crippen LogP contribution in [0.4, 0.5) is 0 Å². The summed E-state index contributed by atoms with van der Waals surface area (Å²) in [6.45, 7) is 11.3. The van der Waals surface area contributed by atoms with E-state index in [-0.39, 0.29) is 6.29 Å². The van der Waals surface area contributed by atoms with E-state index in [1.165, 1.54) is 83.5 Å². The van der Waals surface area contributed by atoms with Gasteiger partial charge in [-0.2, -0.15) is 0 Å².